The Labute approximate surface area is 108 Å². The number of aliphatic hydroxyl groups is 1. The van der Waals surface area contributed by atoms with Crippen molar-refractivity contribution in [3.63, 3.8) is 0 Å². The van der Waals surface area contributed by atoms with E-state index in [9.17, 15) is 5.11 Å². The largest absolute Gasteiger partial charge is 0.497 e. The Hall–Kier alpha value is -1.26. The van der Waals surface area contributed by atoms with Crippen LogP contribution in [0.5, 0.6) is 11.5 Å². The third kappa shape index (κ3) is 4.20. The summed E-state index contributed by atoms with van der Waals surface area (Å²) in [6, 6.07) is 5.35. The molecule has 0 fully saturated rings. The molecule has 1 atom stereocenters. The van der Waals surface area contributed by atoms with Gasteiger partial charge in [0.2, 0.25) is 0 Å². The molecule has 0 aliphatic heterocycles. The third-order valence-electron chi connectivity index (χ3n) is 2.72. The van der Waals surface area contributed by atoms with E-state index in [1.165, 1.54) is 0 Å². The quantitative estimate of drug-likeness (QED) is 0.724. The Morgan fingerprint density at radius 3 is 2.61 bits per heavy atom. The molecular weight excluding hydrogens is 232 g/mol. The van der Waals surface area contributed by atoms with Crippen molar-refractivity contribution in [2.75, 3.05) is 27.4 Å². The van der Waals surface area contributed by atoms with Crippen LogP contribution in [0.3, 0.4) is 0 Å². The standard InChI is InChI=1S/C14H22O4/c1-4-5-8-18-10-13(15)12-7-6-11(16-2)9-14(12)17-3/h6-7,9,13,15H,4-5,8,10H2,1-3H3. The summed E-state index contributed by atoms with van der Waals surface area (Å²) in [6.07, 6.45) is 1.41. The van der Waals surface area contributed by atoms with Crippen molar-refractivity contribution in [1.82, 2.24) is 0 Å². The predicted molar refractivity (Wildman–Crippen MR) is 70.2 cm³/mol. The molecule has 0 saturated carbocycles. The first-order valence-corrected chi connectivity index (χ1v) is 6.20. The summed E-state index contributed by atoms with van der Waals surface area (Å²) in [7, 11) is 3.17. The number of methoxy groups -OCH3 is 2. The predicted octanol–water partition coefficient (Wildman–Crippen LogP) is 2.55. The van der Waals surface area contributed by atoms with E-state index < -0.39 is 6.10 Å². The lowest BCUT2D eigenvalue weighted by atomic mass is 10.1. The molecule has 18 heavy (non-hydrogen) atoms. The zero-order valence-electron chi connectivity index (χ0n) is 11.3. The molecule has 1 unspecified atom stereocenters. The van der Waals surface area contributed by atoms with Crippen molar-refractivity contribution in [3.8, 4) is 11.5 Å². The van der Waals surface area contributed by atoms with Crippen molar-refractivity contribution in [1.29, 1.82) is 0 Å². The van der Waals surface area contributed by atoms with Gasteiger partial charge in [-0.1, -0.05) is 13.3 Å². The summed E-state index contributed by atoms with van der Waals surface area (Å²) in [5, 5.41) is 10.0. The minimum atomic E-state index is -0.678. The maximum atomic E-state index is 10.0. The fourth-order valence-corrected chi connectivity index (χ4v) is 1.62. The lowest BCUT2D eigenvalue weighted by molar-refractivity contribution is 0.0337. The lowest BCUT2D eigenvalue weighted by Gasteiger charge is -2.15. The summed E-state index contributed by atoms with van der Waals surface area (Å²) in [4.78, 5) is 0. The smallest absolute Gasteiger partial charge is 0.128 e. The second-order valence-corrected chi connectivity index (χ2v) is 4.05. The van der Waals surface area contributed by atoms with Crippen molar-refractivity contribution in [2.24, 2.45) is 0 Å². The molecule has 1 N–H and O–H groups in total. The van der Waals surface area contributed by atoms with Crippen molar-refractivity contribution < 1.29 is 19.3 Å². The van der Waals surface area contributed by atoms with Crippen LogP contribution in [0, 0.1) is 0 Å². The first-order valence-electron chi connectivity index (χ1n) is 6.20. The fraction of sp³-hybridized carbons (Fsp3) is 0.571. The van der Waals surface area contributed by atoms with E-state index in [4.69, 9.17) is 14.2 Å². The highest BCUT2D eigenvalue weighted by atomic mass is 16.5. The highest BCUT2D eigenvalue weighted by Crippen LogP contribution is 2.29. The van der Waals surface area contributed by atoms with E-state index in [2.05, 4.69) is 6.92 Å². The van der Waals surface area contributed by atoms with Gasteiger partial charge in [0, 0.05) is 18.2 Å². The van der Waals surface area contributed by atoms with Gasteiger partial charge in [-0.3, -0.25) is 0 Å². The molecule has 0 saturated heterocycles. The van der Waals surface area contributed by atoms with Crippen LogP contribution in [0.4, 0.5) is 0 Å². The van der Waals surface area contributed by atoms with Gasteiger partial charge in [-0.15, -0.1) is 0 Å². The van der Waals surface area contributed by atoms with Gasteiger partial charge >= 0.3 is 0 Å². The average Bonchev–Trinajstić information content (AvgIpc) is 2.42. The SMILES string of the molecule is CCCCOCC(O)c1ccc(OC)cc1OC. The molecule has 0 amide bonds. The third-order valence-corrected chi connectivity index (χ3v) is 2.72. The fourth-order valence-electron chi connectivity index (χ4n) is 1.62. The van der Waals surface area contributed by atoms with Crippen LogP contribution in [-0.4, -0.2) is 32.5 Å². The van der Waals surface area contributed by atoms with Crippen molar-refractivity contribution >= 4 is 0 Å². The summed E-state index contributed by atoms with van der Waals surface area (Å²) >= 11 is 0. The number of hydrogen-bond acceptors (Lipinski definition) is 4. The number of ether oxygens (including phenoxy) is 3. The van der Waals surface area contributed by atoms with E-state index in [0.717, 1.165) is 18.4 Å². The van der Waals surface area contributed by atoms with Gasteiger partial charge in [0.25, 0.3) is 0 Å². The van der Waals surface area contributed by atoms with Crippen LogP contribution in [0.1, 0.15) is 31.4 Å². The molecule has 102 valence electrons. The number of unbranched alkanes of at least 4 members (excludes halogenated alkanes) is 1. The van der Waals surface area contributed by atoms with Gasteiger partial charge in [0.05, 0.1) is 20.8 Å². The van der Waals surface area contributed by atoms with Crippen molar-refractivity contribution in [3.05, 3.63) is 23.8 Å². The molecule has 4 heteroatoms. The minimum absolute atomic E-state index is 0.280. The Balaban J connectivity index is 2.63. The van der Waals surface area contributed by atoms with Gasteiger partial charge in [-0.25, -0.2) is 0 Å². The van der Waals surface area contributed by atoms with E-state index in [1.54, 1.807) is 32.4 Å². The summed E-state index contributed by atoms with van der Waals surface area (Å²) in [6.45, 7) is 3.06. The van der Waals surface area contributed by atoms with Gasteiger partial charge in [0.15, 0.2) is 0 Å². The second-order valence-electron chi connectivity index (χ2n) is 4.05. The molecule has 0 aliphatic carbocycles. The maximum Gasteiger partial charge on any atom is 0.128 e. The Morgan fingerprint density at radius 2 is 2.00 bits per heavy atom. The Bertz CT molecular complexity index is 352. The minimum Gasteiger partial charge on any atom is -0.497 e. The highest BCUT2D eigenvalue weighted by molar-refractivity contribution is 5.41. The van der Waals surface area contributed by atoms with Crippen LogP contribution in [0.2, 0.25) is 0 Å². The van der Waals surface area contributed by atoms with E-state index in [0.29, 0.717) is 18.1 Å². The molecule has 0 bridgehead atoms. The summed E-state index contributed by atoms with van der Waals surface area (Å²) in [5.41, 5.74) is 0.717. The molecule has 0 heterocycles. The zero-order valence-corrected chi connectivity index (χ0v) is 11.3. The molecule has 0 radical (unpaired) electrons. The van der Waals surface area contributed by atoms with E-state index in [-0.39, 0.29) is 6.61 Å². The summed E-state index contributed by atoms with van der Waals surface area (Å²) in [5.74, 6) is 1.32. The number of rotatable bonds is 8. The van der Waals surface area contributed by atoms with Crippen molar-refractivity contribution in [2.45, 2.75) is 25.9 Å². The van der Waals surface area contributed by atoms with Gasteiger partial charge in [0.1, 0.15) is 17.6 Å². The number of hydrogen-bond donors (Lipinski definition) is 1. The van der Waals surface area contributed by atoms with Gasteiger partial charge < -0.3 is 19.3 Å². The molecule has 0 spiro atoms. The van der Waals surface area contributed by atoms with E-state index >= 15 is 0 Å². The maximum absolute atomic E-state index is 10.0. The van der Waals surface area contributed by atoms with Crippen LogP contribution in [0.25, 0.3) is 0 Å². The zero-order chi connectivity index (χ0) is 13.4. The lowest BCUT2D eigenvalue weighted by Crippen LogP contribution is -2.09. The Morgan fingerprint density at radius 1 is 1.22 bits per heavy atom. The molecule has 1 aromatic carbocycles. The molecule has 0 aliphatic rings. The number of aliphatic hydroxyl groups excluding tert-OH is 1. The van der Waals surface area contributed by atoms with Crippen LogP contribution in [-0.2, 0) is 4.74 Å². The first kappa shape index (κ1) is 14.8. The monoisotopic (exact) mass is 254 g/mol. The first-order chi connectivity index (χ1) is 8.72. The second kappa shape index (κ2) is 7.95. The average molecular weight is 254 g/mol. The molecule has 1 aromatic rings. The molecule has 4 nitrogen and oxygen atoms in total. The van der Waals surface area contributed by atoms with E-state index in [1.807, 2.05) is 0 Å². The Kier molecular flexibility index (Phi) is 6.54. The number of benzene rings is 1. The molecular formula is C14H22O4. The van der Waals surface area contributed by atoms with Gasteiger partial charge in [-0.2, -0.15) is 0 Å². The normalized spacial score (nSPS) is 12.2. The topological polar surface area (TPSA) is 47.9 Å². The summed E-state index contributed by atoms with van der Waals surface area (Å²) < 4.78 is 15.8. The molecule has 0 aromatic heterocycles. The van der Waals surface area contributed by atoms with Crippen LogP contribution in [0.15, 0.2) is 18.2 Å². The van der Waals surface area contributed by atoms with Gasteiger partial charge in [-0.05, 0) is 18.6 Å². The molecule has 1 rings (SSSR count). The van der Waals surface area contributed by atoms with Crippen LogP contribution >= 0.6 is 0 Å². The highest BCUT2D eigenvalue weighted by Gasteiger charge is 2.14. The van der Waals surface area contributed by atoms with Crippen LogP contribution < -0.4 is 9.47 Å².